The number of carboxylic acid groups (broad SMARTS) is 1. The molecule has 1 aromatic heterocycles. The molecule has 1 heterocycles. The summed E-state index contributed by atoms with van der Waals surface area (Å²) in [5.41, 5.74) is 0.900. The van der Waals surface area contributed by atoms with Crippen LogP contribution in [0.15, 0.2) is 28.7 Å². The van der Waals surface area contributed by atoms with E-state index in [1.807, 2.05) is 0 Å². The lowest BCUT2D eigenvalue weighted by Crippen LogP contribution is -2.00. The molecule has 0 spiro atoms. The van der Waals surface area contributed by atoms with E-state index in [1.165, 1.54) is 7.11 Å². The minimum Gasteiger partial charge on any atom is -0.497 e. The van der Waals surface area contributed by atoms with E-state index >= 15 is 0 Å². The lowest BCUT2D eigenvalue weighted by Gasteiger charge is -2.00. The number of benzene rings is 1. The molecular formula is C13H13NO5. The highest BCUT2D eigenvalue weighted by molar-refractivity contribution is 5.86. The van der Waals surface area contributed by atoms with E-state index in [-0.39, 0.29) is 24.0 Å². The zero-order valence-corrected chi connectivity index (χ0v) is 10.5. The average molecular weight is 263 g/mol. The lowest BCUT2D eigenvalue weighted by atomic mass is 10.2. The van der Waals surface area contributed by atoms with Crippen molar-refractivity contribution in [2.24, 2.45) is 0 Å². The third-order valence-corrected chi connectivity index (χ3v) is 2.49. The second-order valence-corrected chi connectivity index (χ2v) is 3.76. The molecule has 0 aliphatic carbocycles. The van der Waals surface area contributed by atoms with Gasteiger partial charge in [-0.2, -0.15) is 0 Å². The minimum absolute atomic E-state index is 0.0785. The third-order valence-electron chi connectivity index (χ3n) is 2.49. The molecule has 0 saturated heterocycles. The molecule has 100 valence electrons. The highest BCUT2D eigenvalue weighted by atomic mass is 16.5. The Morgan fingerprint density at radius 3 is 2.84 bits per heavy atom. The Labute approximate surface area is 109 Å². The van der Waals surface area contributed by atoms with Crippen LogP contribution in [0.5, 0.6) is 5.75 Å². The van der Waals surface area contributed by atoms with Crippen molar-refractivity contribution in [3.8, 4) is 17.2 Å². The maximum atomic E-state index is 11.1. The van der Waals surface area contributed by atoms with Gasteiger partial charge in [0.05, 0.1) is 13.7 Å². The van der Waals surface area contributed by atoms with Crippen molar-refractivity contribution in [1.82, 2.24) is 4.98 Å². The summed E-state index contributed by atoms with van der Waals surface area (Å²) >= 11 is 0. The standard InChI is InChI=1S/C13H13NO5/c1-17-7-10-11(13(15)16)19-12(14-10)8-4-3-5-9(6-8)18-2/h3-6H,7H2,1-2H3,(H,15,16). The van der Waals surface area contributed by atoms with Crippen LogP contribution in [0.1, 0.15) is 16.2 Å². The number of carboxylic acids is 1. The smallest absolute Gasteiger partial charge is 0.373 e. The zero-order chi connectivity index (χ0) is 13.8. The normalized spacial score (nSPS) is 10.4. The molecule has 0 radical (unpaired) electrons. The van der Waals surface area contributed by atoms with E-state index < -0.39 is 5.97 Å². The summed E-state index contributed by atoms with van der Waals surface area (Å²) in [6, 6.07) is 7.03. The van der Waals surface area contributed by atoms with Crippen LogP contribution < -0.4 is 4.74 Å². The molecule has 0 aliphatic rings. The molecule has 2 aromatic rings. The Bertz CT molecular complexity index is 590. The van der Waals surface area contributed by atoms with Crippen LogP contribution >= 0.6 is 0 Å². The molecule has 0 bridgehead atoms. The topological polar surface area (TPSA) is 81.8 Å². The molecule has 0 amide bonds. The Morgan fingerprint density at radius 1 is 1.42 bits per heavy atom. The van der Waals surface area contributed by atoms with Gasteiger partial charge in [0.1, 0.15) is 11.4 Å². The van der Waals surface area contributed by atoms with Crippen LogP contribution in [0, 0.1) is 0 Å². The summed E-state index contributed by atoms with van der Waals surface area (Å²) in [7, 11) is 3.01. The summed E-state index contributed by atoms with van der Waals surface area (Å²) in [4.78, 5) is 15.2. The Morgan fingerprint density at radius 2 is 2.21 bits per heavy atom. The fourth-order valence-electron chi connectivity index (χ4n) is 1.63. The first-order chi connectivity index (χ1) is 9.15. The number of hydrogen-bond donors (Lipinski definition) is 1. The Balaban J connectivity index is 2.44. The van der Waals surface area contributed by atoms with E-state index in [9.17, 15) is 4.79 Å². The van der Waals surface area contributed by atoms with Gasteiger partial charge >= 0.3 is 5.97 Å². The van der Waals surface area contributed by atoms with E-state index in [0.29, 0.717) is 11.3 Å². The van der Waals surface area contributed by atoms with Gasteiger partial charge in [-0.25, -0.2) is 9.78 Å². The number of nitrogens with zero attached hydrogens (tertiary/aromatic N) is 1. The molecular weight excluding hydrogens is 250 g/mol. The van der Waals surface area contributed by atoms with Gasteiger partial charge in [-0.3, -0.25) is 0 Å². The molecule has 1 N–H and O–H groups in total. The first-order valence-electron chi connectivity index (χ1n) is 5.52. The summed E-state index contributed by atoms with van der Waals surface area (Å²) in [6.07, 6.45) is 0. The van der Waals surface area contributed by atoms with Crippen LogP contribution in [-0.2, 0) is 11.3 Å². The molecule has 0 fully saturated rings. The quantitative estimate of drug-likeness (QED) is 0.890. The molecule has 0 saturated carbocycles. The fourth-order valence-corrected chi connectivity index (χ4v) is 1.63. The first kappa shape index (κ1) is 13.1. The number of oxazole rings is 1. The van der Waals surface area contributed by atoms with Crippen molar-refractivity contribution in [2.75, 3.05) is 14.2 Å². The maximum absolute atomic E-state index is 11.1. The predicted molar refractivity (Wildman–Crippen MR) is 66.2 cm³/mol. The minimum atomic E-state index is -1.17. The van der Waals surface area contributed by atoms with Gasteiger partial charge in [0.25, 0.3) is 0 Å². The molecule has 2 rings (SSSR count). The Hall–Kier alpha value is -2.34. The lowest BCUT2D eigenvalue weighted by molar-refractivity contribution is 0.0656. The highest BCUT2D eigenvalue weighted by Gasteiger charge is 2.20. The van der Waals surface area contributed by atoms with Crippen molar-refractivity contribution in [1.29, 1.82) is 0 Å². The summed E-state index contributed by atoms with van der Waals surface area (Å²) in [5.74, 6) is -0.516. The van der Waals surface area contributed by atoms with E-state index in [1.54, 1.807) is 31.4 Å². The predicted octanol–water partition coefficient (Wildman–Crippen LogP) is 2.19. The molecule has 19 heavy (non-hydrogen) atoms. The number of rotatable bonds is 5. The van der Waals surface area contributed by atoms with Crippen LogP contribution in [-0.4, -0.2) is 30.3 Å². The fraction of sp³-hybridized carbons (Fsp3) is 0.231. The Kier molecular flexibility index (Phi) is 3.82. The highest BCUT2D eigenvalue weighted by Crippen LogP contribution is 2.25. The number of carbonyl (C=O) groups is 1. The summed E-state index contributed by atoms with van der Waals surface area (Å²) < 4.78 is 15.3. The third kappa shape index (κ3) is 2.74. The van der Waals surface area contributed by atoms with Crippen molar-refractivity contribution < 1.29 is 23.8 Å². The van der Waals surface area contributed by atoms with Crippen LogP contribution in [0.4, 0.5) is 0 Å². The second kappa shape index (κ2) is 5.53. The number of aromatic nitrogens is 1. The van der Waals surface area contributed by atoms with Gasteiger partial charge in [-0.15, -0.1) is 0 Å². The maximum Gasteiger partial charge on any atom is 0.373 e. The van der Waals surface area contributed by atoms with Crippen LogP contribution in [0.25, 0.3) is 11.5 Å². The molecule has 0 aliphatic heterocycles. The number of aromatic carboxylic acids is 1. The van der Waals surface area contributed by atoms with Crippen molar-refractivity contribution in [3.63, 3.8) is 0 Å². The van der Waals surface area contributed by atoms with Crippen LogP contribution in [0.2, 0.25) is 0 Å². The van der Waals surface area contributed by atoms with Crippen molar-refractivity contribution >= 4 is 5.97 Å². The van der Waals surface area contributed by atoms with Gasteiger partial charge in [-0.1, -0.05) is 6.07 Å². The SMILES string of the molecule is COCc1nc(-c2cccc(OC)c2)oc1C(=O)O. The molecule has 6 nitrogen and oxygen atoms in total. The molecule has 6 heteroatoms. The van der Waals surface area contributed by atoms with Crippen molar-refractivity contribution in [3.05, 3.63) is 35.7 Å². The van der Waals surface area contributed by atoms with E-state index in [4.69, 9.17) is 19.0 Å². The van der Waals surface area contributed by atoms with Gasteiger partial charge in [-0.05, 0) is 18.2 Å². The molecule has 0 unspecified atom stereocenters. The first-order valence-corrected chi connectivity index (χ1v) is 5.52. The van der Waals surface area contributed by atoms with Gasteiger partial charge in [0, 0.05) is 12.7 Å². The van der Waals surface area contributed by atoms with E-state index in [2.05, 4.69) is 4.98 Å². The zero-order valence-electron chi connectivity index (χ0n) is 10.5. The average Bonchev–Trinajstić information content (AvgIpc) is 2.83. The molecule has 0 atom stereocenters. The van der Waals surface area contributed by atoms with Gasteiger partial charge in [0.15, 0.2) is 0 Å². The summed E-state index contributed by atoms with van der Waals surface area (Å²) in [6.45, 7) is 0.0785. The monoisotopic (exact) mass is 263 g/mol. The number of methoxy groups -OCH3 is 2. The molecule has 1 aromatic carbocycles. The number of hydrogen-bond acceptors (Lipinski definition) is 5. The van der Waals surface area contributed by atoms with Crippen LogP contribution in [0.3, 0.4) is 0 Å². The summed E-state index contributed by atoms with van der Waals surface area (Å²) in [5, 5.41) is 9.04. The van der Waals surface area contributed by atoms with Gasteiger partial charge in [0.2, 0.25) is 11.7 Å². The van der Waals surface area contributed by atoms with Gasteiger partial charge < -0.3 is 19.0 Å². The van der Waals surface area contributed by atoms with Crippen molar-refractivity contribution in [2.45, 2.75) is 6.61 Å². The van der Waals surface area contributed by atoms with E-state index in [0.717, 1.165) is 0 Å². The largest absolute Gasteiger partial charge is 0.497 e. The number of ether oxygens (including phenoxy) is 2. The second-order valence-electron chi connectivity index (χ2n) is 3.76.